The third-order valence-corrected chi connectivity index (χ3v) is 7.03. The SMILES string of the molecule is CCOC(=O)N1c2ccc(OC)nc2[C@H](C2N=C(CO)ON2Cc2cc(C(F)(F)F)cc(C(F)(F)F)c2)C[C@@]1(N)CC. The Morgan fingerprint density at radius 2 is 1.79 bits per heavy atom. The van der Waals surface area contributed by atoms with Crippen LogP contribution in [0.4, 0.5) is 36.8 Å². The molecule has 3 atom stereocenters. The predicted molar refractivity (Wildman–Crippen MR) is 136 cm³/mol. The minimum Gasteiger partial charge on any atom is -0.481 e. The summed E-state index contributed by atoms with van der Waals surface area (Å²) in [5, 5.41) is 10.8. The van der Waals surface area contributed by atoms with E-state index in [-0.39, 0.29) is 54.2 Å². The van der Waals surface area contributed by atoms with Gasteiger partial charge in [-0.1, -0.05) is 6.92 Å². The number of aliphatic hydroxyl groups excluding tert-OH is 1. The largest absolute Gasteiger partial charge is 0.481 e. The average molecular weight is 606 g/mol. The molecule has 1 aromatic heterocycles. The molecule has 0 saturated carbocycles. The summed E-state index contributed by atoms with van der Waals surface area (Å²) in [6.07, 6.45) is -11.7. The third kappa shape index (κ3) is 6.10. The van der Waals surface area contributed by atoms with Crippen molar-refractivity contribution in [2.75, 3.05) is 25.2 Å². The Morgan fingerprint density at radius 1 is 1.14 bits per heavy atom. The Hall–Kier alpha value is -3.63. The number of benzene rings is 1. The summed E-state index contributed by atoms with van der Waals surface area (Å²) in [6.45, 7) is 2.14. The van der Waals surface area contributed by atoms with Crippen molar-refractivity contribution >= 4 is 17.7 Å². The number of methoxy groups -OCH3 is 1. The smallest absolute Gasteiger partial charge is 0.416 e. The van der Waals surface area contributed by atoms with Crippen molar-refractivity contribution in [1.82, 2.24) is 10.0 Å². The quantitative estimate of drug-likeness (QED) is 0.432. The highest BCUT2D eigenvalue weighted by Crippen LogP contribution is 2.47. The molecule has 2 aromatic rings. The zero-order valence-electron chi connectivity index (χ0n) is 22.8. The molecule has 3 N–H and O–H groups in total. The molecule has 3 heterocycles. The van der Waals surface area contributed by atoms with E-state index in [2.05, 4.69) is 9.98 Å². The van der Waals surface area contributed by atoms with E-state index in [9.17, 15) is 36.2 Å². The molecule has 10 nitrogen and oxygen atoms in total. The Labute approximate surface area is 236 Å². The first-order valence-corrected chi connectivity index (χ1v) is 12.9. The standard InChI is InChI=1S/C26H29F6N5O5/c1-4-24(33)11-17(21-18(6-7-19(34-21)40-3)37(24)23(39)41-5-2)22-35-20(13-38)42-36(22)12-14-8-15(25(27,28)29)10-16(9-14)26(30,31)32/h6-10,17,22,38H,4-5,11-13,33H2,1-3H3/t17-,22?,24-/m1/s1. The zero-order chi connectivity index (χ0) is 31.0. The number of aliphatic imine (C=N–C) groups is 1. The van der Waals surface area contributed by atoms with Crippen LogP contribution in [0, 0.1) is 0 Å². The molecule has 230 valence electrons. The van der Waals surface area contributed by atoms with Gasteiger partial charge in [0.05, 0.1) is 48.4 Å². The number of hydrogen-bond acceptors (Lipinski definition) is 9. The number of hydroxylamine groups is 2. The molecule has 2 aliphatic heterocycles. The topological polar surface area (TPSA) is 123 Å². The van der Waals surface area contributed by atoms with Crippen LogP contribution < -0.4 is 15.4 Å². The Morgan fingerprint density at radius 3 is 2.31 bits per heavy atom. The molecule has 1 amide bonds. The van der Waals surface area contributed by atoms with E-state index in [4.69, 9.17) is 20.0 Å². The van der Waals surface area contributed by atoms with Gasteiger partial charge in [-0.2, -0.15) is 26.3 Å². The zero-order valence-corrected chi connectivity index (χ0v) is 22.8. The molecular formula is C26H29F6N5O5. The second kappa shape index (κ2) is 11.6. The van der Waals surface area contributed by atoms with Crippen molar-refractivity contribution in [2.24, 2.45) is 10.7 Å². The van der Waals surface area contributed by atoms with Gasteiger partial charge >= 0.3 is 18.4 Å². The molecule has 0 bridgehead atoms. The first-order chi connectivity index (χ1) is 19.6. The van der Waals surface area contributed by atoms with Gasteiger partial charge in [-0.05, 0) is 49.6 Å². The number of fused-ring (bicyclic) bond motifs is 1. The maximum atomic E-state index is 13.5. The van der Waals surface area contributed by atoms with Crippen LogP contribution in [0.3, 0.4) is 0 Å². The maximum absolute atomic E-state index is 13.5. The highest BCUT2D eigenvalue weighted by molar-refractivity contribution is 5.91. The Balaban J connectivity index is 1.81. The van der Waals surface area contributed by atoms with Crippen LogP contribution in [-0.4, -0.2) is 59.3 Å². The van der Waals surface area contributed by atoms with E-state index in [1.54, 1.807) is 19.9 Å². The average Bonchev–Trinajstić information content (AvgIpc) is 3.33. The molecule has 0 aliphatic carbocycles. The summed E-state index contributed by atoms with van der Waals surface area (Å²) in [5.74, 6) is -0.879. The van der Waals surface area contributed by atoms with Gasteiger partial charge < -0.3 is 25.2 Å². The fourth-order valence-electron chi connectivity index (χ4n) is 5.05. The molecule has 16 heteroatoms. The molecule has 0 radical (unpaired) electrons. The van der Waals surface area contributed by atoms with Crippen LogP contribution in [0.2, 0.25) is 0 Å². The summed E-state index contributed by atoms with van der Waals surface area (Å²) < 4.78 is 91.5. The van der Waals surface area contributed by atoms with Gasteiger partial charge in [-0.25, -0.2) is 14.8 Å². The number of aliphatic hydroxyl groups is 1. The molecule has 4 rings (SSSR count). The van der Waals surface area contributed by atoms with Gasteiger partial charge in [-0.3, -0.25) is 4.90 Å². The van der Waals surface area contributed by atoms with Crippen LogP contribution in [0.15, 0.2) is 35.3 Å². The van der Waals surface area contributed by atoms with Crippen LogP contribution in [0.5, 0.6) is 5.88 Å². The van der Waals surface area contributed by atoms with Gasteiger partial charge in [0.15, 0.2) is 0 Å². The number of hydrogen-bond donors (Lipinski definition) is 2. The monoisotopic (exact) mass is 605 g/mol. The Kier molecular flexibility index (Phi) is 8.62. The number of rotatable bonds is 7. The first-order valence-electron chi connectivity index (χ1n) is 12.9. The lowest BCUT2D eigenvalue weighted by Crippen LogP contribution is -2.62. The number of pyridine rings is 1. The summed E-state index contributed by atoms with van der Waals surface area (Å²) in [7, 11) is 1.37. The first kappa shape index (κ1) is 31.3. The van der Waals surface area contributed by atoms with Crippen molar-refractivity contribution < 1.29 is 50.6 Å². The maximum Gasteiger partial charge on any atom is 0.416 e. The third-order valence-electron chi connectivity index (χ3n) is 7.03. The van der Waals surface area contributed by atoms with Gasteiger partial charge in [0.1, 0.15) is 12.8 Å². The van der Waals surface area contributed by atoms with E-state index >= 15 is 0 Å². The second-order valence-electron chi connectivity index (χ2n) is 9.74. The normalized spacial score (nSPS) is 22.8. The second-order valence-corrected chi connectivity index (χ2v) is 9.74. The molecular weight excluding hydrogens is 576 g/mol. The highest BCUT2D eigenvalue weighted by atomic mass is 19.4. The lowest BCUT2D eigenvalue weighted by atomic mass is 9.82. The molecule has 1 aromatic carbocycles. The molecule has 0 saturated heterocycles. The highest BCUT2D eigenvalue weighted by Gasteiger charge is 2.51. The van der Waals surface area contributed by atoms with E-state index in [0.29, 0.717) is 12.1 Å². The van der Waals surface area contributed by atoms with Gasteiger partial charge in [0.25, 0.3) is 0 Å². The van der Waals surface area contributed by atoms with Crippen LogP contribution >= 0.6 is 0 Å². The molecule has 0 spiro atoms. The lowest BCUT2D eigenvalue weighted by molar-refractivity contribution is -0.143. The number of carbonyl (C=O) groups is 1. The number of halogens is 6. The van der Waals surface area contributed by atoms with E-state index in [1.807, 2.05) is 0 Å². The van der Waals surface area contributed by atoms with Gasteiger partial charge in [0, 0.05) is 12.0 Å². The van der Waals surface area contributed by atoms with Crippen molar-refractivity contribution in [3.05, 3.63) is 52.7 Å². The minimum atomic E-state index is -5.05. The number of nitrogens with zero attached hydrogens (tertiary/aromatic N) is 4. The number of anilines is 1. The van der Waals surface area contributed by atoms with Gasteiger partial charge in [0.2, 0.25) is 11.8 Å². The number of alkyl halides is 6. The molecule has 0 fully saturated rings. The number of aromatic nitrogens is 1. The Bertz CT molecular complexity index is 1320. The molecule has 2 aliphatic rings. The molecule has 1 unspecified atom stereocenters. The van der Waals surface area contributed by atoms with Crippen LogP contribution in [0.25, 0.3) is 0 Å². The number of amides is 1. The van der Waals surface area contributed by atoms with Crippen molar-refractivity contribution in [1.29, 1.82) is 0 Å². The van der Waals surface area contributed by atoms with Crippen molar-refractivity contribution in [3.8, 4) is 5.88 Å². The number of nitrogens with two attached hydrogens (primary N) is 1. The summed E-state index contributed by atoms with van der Waals surface area (Å²) in [5.41, 5.74) is 2.53. The van der Waals surface area contributed by atoms with Gasteiger partial charge in [-0.15, -0.1) is 5.06 Å². The molecule has 42 heavy (non-hydrogen) atoms. The van der Waals surface area contributed by atoms with Crippen molar-refractivity contribution in [3.63, 3.8) is 0 Å². The number of ether oxygens (including phenoxy) is 2. The van der Waals surface area contributed by atoms with Crippen LogP contribution in [0.1, 0.15) is 55.0 Å². The van der Waals surface area contributed by atoms with E-state index in [1.165, 1.54) is 18.1 Å². The van der Waals surface area contributed by atoms with E-state index in [0.717, 1.165) is 5.06 Å². The summed E-state index contributed by atoms with van der Waals surface area (Å²) in [6, 6.07) is 4.24. The number of carbonyl (C=O) groups excluding carboxylic acids is 1. The van der Waals surface area contributed by atoms with Crippen molar-refractivity contribution in [2.45, 2.75) is 63.3 Å². The summed E-state index contributed by atoms with van der Waals surface area (Å²) in [4.78, 5) is 28.7. The predicted octanol–water partition coefficient (Wildman–Crippen LogP) is 4.81. The fourth-order valence-corrected chi connectivity index (χ4v) is 5.05. The lowest BCUT2D eigenvalue weighted by Gasteiger charge is -2.47. The van der Waals surface area contributed by atoms with E-state index < -0.39 is 60.5 Å². The minimum absolute atomic E-state index is 0.0153. The van der Waals surface area contributed by atoms with Crippen LogP contribution in [-0.2, 0) is 28.5 Å². The summed E-state index contributed by atoms with van der Waals surface area (Å²) >= 11 is 0. The fraction of sp³-hybridized carbons (Fsp3) is 0.500.